The van der Waals surface area contributed by atoms with Crippen LogP contribution in [-0.2, 0) is 22.9 Å². The van der Waals surface area contributed by atoms with Crippen LogP contribution in [0.1, 0.15) is 50.0 Å². The molecule has 0 saturated carbocycles. The van der Waals surface area contributed by atoms with Gasteiger partial charge in [-0.05, 0) is 24.3 Å². The van der Waals surface area contributed by atoms with Crippen LogP contribution in [0, 0.1) is 5.92 Å². The molecule has 0 amide bonds. The Morgan fingerprint density at radius 3 is 2.70 bits per heavy atom. The van der Waals surface area contributed by atoms with Crippen molar-refractivity contribution in [3.63, 3.8) is 0 Å². The van der Waals surface area contributed by atoms with Crippen LogP contribution >= 0.6 is 0 Å². The summed E-state index contributed by atoms with van der Waals surface area (Å²) in [5.74, 6) is 0.668. The molecule has 0 spiro atoms. The van der Waals surface area contributed by atoms with Crippen molar-refractivity contribution in [3.8, 4) is 0 Å². The first kappa shape index (κ1) is 19.9. The van der Waals surface area contributed by atoms with Crippen LogP contribution in [0.15, 0.2) is 34.9 Å². The average Bonchev–Trinajstić information content (AvgIpc) is 3.21. The van der Waals surface area contributed by atoms with Crippen molar-refractivity contribution >= 4 is 10.0 Å². The van der Waals surface area contributed by atoms with Crippen LogP contribution in [-0.4, -0.2) is 41.3 Å². The highest BCUT2D eigenvalue weighted by atomic mass is 32.2. The van der Waals surface area contributed by atoms with Crippen molar-refractivity contribution in [3.05, 3.63) is 47.6 Å². The fourth-order valence-electron chi connectivity index (χ4n) is 3.40. The Labute approximate surface area is 159 Å². The molecular formula is C19H26FN3O3S. The van der Waals surface area contributed by atoms with Gasteiger partial charge in [0.05, 0.1) is 5.75 Å². The minimum absolute atomic E-state index is 0.0196. The minimum atomic E-state index is -3.57. The number of benzene rings is 1. The lowest BCUT2D eigenvalue weighted by molar-refractivity contribution is 0.288. The highest BCUT2D eigenvalue weighted by Gasteiger charge is 2.43. The van der Waals surface area contributed by atoms with Crippen molar-refractivity contribution < 1.29 is 17.3 Å². The Morgan fingerprint density at radius 1 is 1.26 bits per heavy atom. The molecule has 6 nitrogen and oxygen atoms in total. The highest BCUT2D eigenvalue weighted by molar-refractivity contribution is 7.89. The van der Waals surface area contributed by atoms with Gasteiger partial charge in [-0.1, -0.05) is 49.3 Å². The summed E-state index contributed by atoms with van der Waals surface area (Å²) >= 11 is 0. The minimum Gasteiger partial charge on any atom is -0.338 e. The van der Waals surface area contributed by atoms with Gasteiger partial charge in [0.15, 0.2) is 5.82 Å². The molecule has 2 heterocycles. The molecule has 0 unspecified atom stereocenters. The Balaban J connectivity index is 1.65. The van der Waals surface area contributed by atoms with Gasteiger partial charge in [-0.25, -0.2) is 12.8 Å². The van der Waals surface area contributed by atoms with E-state index in [4.69, 9.17) is 4.52 Å². The number of sulfonamides is 1. The molecule has 0 bridgehead atoms. The van der Waals surface area contributed by atoms with E-state index in [0.717, 1.165) is 12.8 Å². The zero-order valence-electron chi connectivity index (χ0n) is 15.7. The highest BCUT2D eigenvalue weighted by Crippen LogP contribution is 2.35. The van der Waals surface area contributed by atoms with Crippen LogP contribution in [0.3, 0.4) is 0 Å². The average molecular weight is 396 g/mol. The summed E-state index contributed by atoms with van der Waals surface area (Å²) in [7, 11) is -3.57. The first-order chi connectivity index (χ1) is 12.8. The molecule has 8 heteroatoms. The van der Waals surface area contributed by atoms with Gasteiger partial charge in [-0.15, -0.1) is 0 Å². The first-order valence-corrected chi connectivity index (χ1v) is 11.0. The zero-order chi connectivity index (χ0) is 19.4. The lowest BCUT2D eigenvalue weighted by atomic mass is 10.1. The quantitative estimate of drug-likeness (QED) is 0.685. The molecule has 0 radical (unpaired) electrons. The van der Waals surface area contributed by atoms with E-state index in [-0.39, 0.29) is 30.5 Å². The predicted octanol–water partition coefficient (Wildman–Crippen LogP) is 3.32. The topological polar surface area (TPSA) is 76.3 Å². The van der Waals surface area contributed by atoms with E-state index >= 15 is 0 Å². The largest absolute Gasteiger partial charge is 0.338 e. The zero-order valence-corrected chi connectivity index (χ0v) is 16.5. The molecule has 2 aromatic rings. The van der Waals surface area contributed by atoms with Crippen LogP contribution in [0.2, 0.25) is 0 Å². The maximum atomic E-state index is 14.0. The number of alkyl halides is 1. The van der Waals surface area contributed by atoms with Crippen LogP contribution < -0.4 is 0 Å². The van der Waals surface area contributed by atoms with Gasteiger partial charge >= 0.3 is 0 Å². The number of hydrogen-bond acceptors (Lipinski definition) is 5. The number of hydrogen-bond donors (Lipinski definition) is 0. The van der Waals surface area contributed by atoms with E-state index in [1.807, 2.05) is 32.0 Å². The second-order valence-corrected chi connectivity index (χ2v) is 9.45. The Hall–Kier alpha value is -1.80. The number of aromatic nitrogens is 2. The summed E-state index contributed by atoms with van der Waals surface area (Å²) in [6, 6.07) is 9.41. The maximum Gasteiger partial charge on any atom is 0.245 e. The molecule has 0 N–H and O–H groups in total. The number of aryl methyl sites for hydroxylation is 2. The van der Waals surface area contributed by atoms with Crippen molar-refractivity contribution in [1.82, 2.24) is 14.4 Å². The number of nitrogens with zero attached hydrogens (tertiary/aromatic N) is 3. The number of rotatable bonds is 8. The predicted molar refractivity (Wildman–Crippen MR) is 100 cm³/mol. The van der Waals surface area contributed by atoms with E-state index < -0.39 is 22.2 Å². The summed E-state index contributed by atoms with van der Waals surface area (Å²) in [6.45, 7) is 3.51. The second kappa shape index (κ2) is 8.48. The van der Waals surface area contributed by atoms with E-state index in [9.17, 15) is 12.8 Å². The van der Waals surface area contributed by atoms with E-state index in [1.165, 1.54) is 9.87 Å². The molecule has 0 aliphatic carbocycles. The molecule has 2 atom stereocenters. The monoisotopic (exact) mass is 395 g/mol. The van der Waals surface area contributed by atoms with Gasteiger partial charge in [0, 0.05) is 19.4 Å². The van der Waals surface area contributed by atoms with Crippen LogP contribution in [0.25, 0.3) is 0 Å². The molecule has 1 aliphatic heterocycles. The Bertz CT molecular complexity index is 839. The molecule has 1 aromatic carbocycles. The number of halogens is 1. The smallest absolute Gasteiger partial charge is 0.245 e. The maximum absolute atomic E-state index is 14.0. The molecule has 1 aliphatic rings. The lowest BCUT2D eigenvalue weighted by Crippen LogP contribution is -2.34. The second-order valence-electron chi connectivity index (χ2n) is 7.48. The third-order valence-electron chi connectivity index (χ3n) is 4.58. The summed E-state index contributed by atoms with van der Waals surface area (Å²) in [5, 5.41) is 3.96. The SMILES string of the molecule is CC(C)CS(=O)(=O)N1C[C@H](F)C[C@H]1c1nc(CCCc2ccccc2)no1. The van der Waals surface area contributed by atoms with E-state index in [2.05, 4.69) is 22.3 Å². The summed E-state index contributed by atoms with van der Waals surface area (Å²) in [4.78, 5) is 4.35. The molecule has 1 fully saturated rings. The summed E-state index contributed by atoms with van der Waals surface area (Å²) in [6.07, 6.45) is 1.22. The van der Waals surface area contributed by atoms with Crippen LogP contribution in [0.4, 0.5) is 4.39 Å². The fraction of sp³-hybridized carbons (Fsp3) is 0.579. The molecule has 148 valence electrons. The van der Waals surface area contributed by atoms with Gasteiger partial charge in [0.2, 0.25) is 15.9 Å². The van der Waals surface area contributed by atoms with Crippen molar-refractivity contribution in [2.75, 3.05) is 12.3 Å². The Morgan fingerprint density at radius 2 is 2.00 bits per heavy atom. The van der Waals surface area contributed by atoms with Crippen molar-refractivity contribution in [1.29, 1.82) is 0 Å². The van der Waals surface area contributed by atoms with E-state index in [1.54, 1.807) is 0 Å². The molecule has 3 rings (SSSR count). The lowest BCUT2D eigenvalue weighted by Gasteiger charge is -2.21. The van der Waals surface area contributed by atoms with E-state index in [0.29, 0.717) is 12.2 Å². The molecule has 1 aromatic heterocycles. The van der Waals surface area contributed by atoms with Crippen molar-refractivity contribution in [2.45, 2.75) is 51.7 Å². The molecule has 1 saturated heterocycles. The summed E-state index contributed by atoms with van der Waals surface area (Å²) < 4.78 is 45.6. The van der Waals surface area contributed by atoms with Gasteiger partial charge in [0.1, 0.15) is 12.2 Å². The normalized spacial score (nSPS) is 21.2. The van der Waals surface area contributed by atoms with Gasteiger partial charge in [-0.3, -0.25) is 0 Å². The van der Waals surface area contributed by atoms with Gasteiger partial charge in [0.25, 0.3) is 0 Å². The van der Waals surface area contributed by atoms with Crippen LogP contribution in [0.5, 0.6) is 0 Å². The molecule has 27 heavy (non-hydrogen) atoms. The third kappa shape index (κ3) is 5.13. The molecular weight excluding hydrogens is 369 g/mol. The third-order valence-corrected chi connectivity index (χ3v) is 6.79. The summed E-state index contributed by atoms with van der Waals surface area (Å²) in [5.41, 5.74) is 1.24. The first-order valence-electron chi connectivity index (χ1n) is 9.35. The van der Waals surface area contributed by atoms with Crippen molar-refractivity contribution in [2.24, 2.45) is 5.92 Å². The Kier molecular flexibility index (Phi) is 6.26. The van der Waals surface area contributed by atoms with Gasteiger partial charge < -0.3 is 4.52 Å². The van der Waals surface area contributed by atoms with Gasteiger partial charge in [-0.2, -0.15) is 9.29 Å². The standard InChI is InChI=1S/C19H26FN3O3S/c1-14(2)13-27(24,25)23-12-16(20)11-17(23)19-21-18(22-26-19)10-6-9-15-7-4-3-5-8-15/h3-5,7-8,14,16-17H,6,9-13H2,1-2H3/t16-,17+/m1/s1. The fourth-order valence-corrected chi connectivity index (χ4v) is 5.39.